The molecule has 0 saturated heterocycles. The van der Waals surface area contributed by atoms with Gasteiger partial charge in [-0.15, -0.1) is 0 Å². The van der Waals surface area contributed by atoms with Crippen LogP contribution in [0.5, 0.6) is 11.5 Å². The number of hydrogen-bond acceptors (Lipinski definition) is 4. The molecule has 0 N–H and O–H groups in total. The second kappa shape index (κ2) is 5.96. The molecular weight excluding hydrogens is 280 g/mol. The smallest absolute Gasteiger partial charge is 0.276 e. The zero-order valence-corrected chi connectivity index (χ0v) is 12.3. The van der Waals surface area contributed by atoms with Crippen LogP contribution >= 0.6 is 11.6 Å². The lowest BCUT2D eigenvalue weighted by atomic mass is 10.2. The van der Waals surface area contributed by atoms with Crippen molar-refractivity contribution in [1.29, 1.82) is 0 Å². The third-order valence-corrected chi connectivity index (χ3v) is 3.00. The van der Waals surface area contributed by atoms with Gasteiger partial charge in [0, 0.05) is 0 Å². The van der Waals surface area contributed by atoms with Crippen LogP contribution in [0.2, 0.25) is 0 Å². The first-order valence-corrected chi connectivity index (χ1v) is 6.52. The Hall–Kier alpha value is -2.01. The summed E-state index contributed by atoms with van der Waals surface area (Å²) in [5.74, 6) is 1.14. The van der Waals surface area contributed by atoms with Gasteiger partial charge in [0.05, 0.1) is 25.6 Å². The average Bonchev–Trinajstić information content (AvgIpc) is 2.83. The van der Waals surface area contributed by atoms with Crippen LogP contribution in [0.1, 0.15) is 23.0 Å². The van der Waals surface area contributed by atoms with E-state index in [4.69, 9.17) is 21.1 Å². The van der Waals surface area contributed by atoms with Gasteiger partial charge < -0.3 is 9.47 Å². The van der Waals surface area contributed by atoms with Crippen molar-refractivity contribution in [3.05, 3.63) is 35.7 Å². The largest absolute Gasteiger partial charge is 0.497 e. The zero-order valence-electron chi connectivity index (χ0n) is 11.5. The summed E-state index contributed by atoms with van der Waals surface area (Å²) in [6, 6.07) is 5.57. The van der Waals surface area contributed by atoms with Crippen molar-refractivity contribution in [2.45, 2.75) is 13.8 Å². The van der Waals surface area contributed by atoms with E-state index in [1.54, 1.807) is 18.0 Å². The molecule has 0 radical (unpaired) electrons. The summed E-state index contributed by atoms with van der Waals surface area (Å²) in [5, 5.41) is 3.54. The van der Waals surface area contributed by atoms with E-state index < -0.39 is 5.24 Å². The highest BCUT2D eigenvalue weighted by molar-refractivity contribution is 6.67. The molecular formula is C14H15ClN2O3. The van der Waals surface area contributed by atoms with Crippen molar-refractivity contribution >= 4 is 16.8 Å². The molecule has 2 rings (SSSR count). The Kier molecular flexibility index (Phi) is 4.29. The maximum Gasteiger partial charge on any atom is 0.276 e. The summed E-state index contributed by atoms with van der Waals surface area (Å²) in [7, 11) is 1.61. The number of rotatable bonds is 5. The first-order valence-electron chi connectivity index (χ1n) is 6.14. The van der Waals surface area contributed by atoms with E-state index in [1.807, 2.05) is 32.0 Å². The minimum Gasteiger partial charge on any atom is -0.497 e. The van der Waals surface area contributed by atoms with Gasteiger partial charge >= 0.3 is 0 Å². The number of methoxy groups -OCH3 is 1. The standard InChI is InChI=1S/C14H15ClN2O3/c1-4-20-12-8-17(16-13(12)14(15)18)11-6-5-10(19-3)7-9(11)2/h5-8H,4H2,1-3H3. The van der Waals surface area contributed by atoms with Crippen LogP contribution in [0, 0.1) is 6.92 Å². The molecule has 0 aliphatic heterocycles. The highest BCUT2D eigenvalue weighted by atomic mass is 35.5. The van der Waals surface area contributed by atoms with Gasteiger partial charge in [-0.05, 0) is 49.2 Å². The average molecular weight is 295 g/mol. The lowest BCUT2D eigenvalue weighted by Crippen LogP contribution is -2.00. The lowest BCUT2D eigenvalue weighted by Gasteiger charge is -2.07. The molecule has 0 atom stereocenters. The number of halogens is 1. The summed E-state index contributed by atoms with van der Waals surface area (Å²) in [6.07, 6.45) is 1.65. The topological polar surface area (TPSA) is 53.4 Å². The number of aryl methyl sites for hydroxylation is 1. The van der Waals surface area contributed by atoms with Gasteiger partial charge in [-0.1, -0.05) is 0 Å². The zero-order chi connectivity index (χ0) is 14.7. The summed E-state index contributed by atoms with van der Waals surface area (Å²) in [6.45, 7) is 4.20. The molecule has 106 valence electrons. The van der Waals surface area contributed by atoms with Gasteiger partial charge in [-0.2, -0.15) is 5.10 Å². The van der Waals surface area contributed by atoms with Gasteiger partial charge in [-0.3, -0.25) is 4.79 Å². The third kappa shape index (κ3) is 2.77. The molecule has 6 heteroatoms. The Bertz CT molecular complexity index is 637. The normalized spacial score (nSPS) is 10.4. The molecule has 1 aromatic heterocycles. The number of carbonyl (C=O) groups is 1. The molecule has 0 amide bonds. The van der Waals surface area contributed by atoms with Crippen LogP contribution in [0.4, 0.5) is 0 Å². The quantitative estimate of drug-likeness (QED) is 0.796. The summed E-state index contributed by atoms with van der Waals surface area (Å²) < 4.78 is 12.1. The maximum absolute atomic E-state index is 11.4. The number of benzene rings is 1. The van der Waals surface area contributed by atoms with Crippen molar-refractivity contribution in [3.63, 3.8) is 0 Å². The number of aromatic nitrogens is 2. The first-order chi connectivity index (χ1) is 9.56. The van der Waals surface area contributed by atoms with Gasteiger partial charge in [0.15, 0.2) is 11.4 Å². The Morgan fingerprint density at radius 3 is 2.75 bits per heavy atom. The van der Waals surface area contributed by atoms with Crippen molar-refractivity contribution in [3.8, 4) is 17.2 Å². The summed E-state index contributed by atoms with van der Waals surface area (Å²) in [5.41, 5.74) is 1.91. The summed E-state index contributed by atoms with van der Waals surface area (Å²) >= 11 is 5.52. The van der Waals surface area contributed by atoms with Crippen LogP contribution in [-0.4, -0.2) is 28.7 Å². The number of hydrogen-bond donors (Lipinski definition) is 0. The first kappa shape index (κ1) is 14.4. The minimum absolute atomic E-state index is 0.115. The van der Waals surface area contributed by atoms with Crippen LogP contribution in [-0.2, 0) is 0 Å². The molecule has 0 fully saturated rings. The maximum atomic E-state index is 11.4. The van der Waals surface area contributed by atoms with Gasteiger partial charge in [0.25, 0.3) is 5.24 Å². The van der Waals surface area contributed by atoms with Crippen molar-refractivity contribution in [2.75, 3.05) is 13.7 Å². The van der Waals surface area contributed by atoms with E-state index in [-0.39, 0.29) is 5.69 Å². The molecule has 1 aromatic carbocycles. The van der Waals surface area contributed by atoms with Crippen molar-refractivity contribution in [1.82, 2.24) is 9.78 Å². The number of nitrogens with zero attached hydrogens (tertiary/aromatic N) is 2. The molecule has 20 heavy (non-hydrogen) atoms. The van der Waals surface area contributed by atoms with E-state index in [0.29, 0.717) is 12.4 Å². The Morgan fingerprint density at radius 1 is 1.45 bits per heavy atom. The fourth-order valence-electron chi connectivity index (χ4n) is 1.89. The fraction of sp³-hybridized carbons (Fsp3) is 0.286. The molecule has 1 heterocycles. The van der Waals surface area contributed by atoms with Gasteiger partial charge in [-0.25, -0.2) is 4.68 Å². The van der Waals surface area contributed by atoms with E-state index >= 15 is 0 Å². The highest BCUT2D eigenvalue weighted by Crippen LogP contribution is 2.25. The van der Waals surface area contributed by atoms with Crippen molar-refractivity contribution in [2.24, 2.45) is 0 Å². The van der Waals surface area contributed by atoms with E-state index in [0.717, 1.165) is 17.0 Å². The van der Waals surface area contributed by atoms with Crippen molar-refractivity contribution < 1.29 is 14.3 Å². The van der Waals surface area contributed by atoms with E-state index in [1.165, 1.54) is 0 Å². The SMILES string of the molecule is CCOc1cn(-c2ccc(OC)cc2C)nc1C(=O)Cl. The van der Waals surface area contributed by atoms with E-state index in [2.05, 4.69) is 5.10 Å². The lowest BCUT2D eigenvalue weighted by molar-refractivity contribution is 0.107. The van der Waals surface area contributed by atoms with Crippen LogP contribution in [0.15, 0.2) is 24.4 Å². The van der Waals surface area contributed by atoms with Crippen LogP contribution in [0.3, 0.4) is 0 Å². The minimum atomic E-state index is -0.640. The monoisotopic (exact) mass is 294 g/mol. The second-order valence-electron chi connectivity index (χ2n) is 4.15. The van der Waals surface area contributed by atoms with E-state index in [9.17, 15) is 4.79 Å². The number of carbonyl (C=O) groups excluding carboxylic acids is 1. The molecule has 0 aliphatic rings. The fourth-order valence-corrected chi connectivity index (χ4v) is 2.02. The second-order valence-corrected chi connectivity index (χ2v) is 4.49. The molecule has 0 bridgehead atoms. The third-order valence-electron chi connectivity index (χ3n) is 2.82. The highest BCUT2D eigenvalue weighted by Gasteiger charge is 2.17. The van der Waals surface area contributed by atoms with Gasteiger partial charge in [0.1, 0.15) is 5.75 Å². The van der Waals surface area contributed by atoms with Crippen LogP contribution < -0.4 is 9.47 Å². The molecule has 0 saturated carbocycles. The predicted octanol–water partition coefficient (Wildman–Crippen LogP) is 2.97. The molecule has 2 aromatic rings. The number of ether oxygens (including phenoxy) is 2. The molecule has 0 unspecified atom stereocenters. The molecule has 0 aliphatic carbocycles. The Balaban J connectivity index is 2.47. The Labute approximate surface area is 122 Å². The van der Waals surface area contributed by atoms with Crippen LogP contribution in [0.25, 0.3) is 5.69 Å². The predicted molar refractivity (Wildman–Crippen MR) is 76.2 cm³/mol. The molecule has 0 spiro atoms. The van der Waals surface area contributed by atoms with Gasteiger partial charge in [0.2, 0.25) is 0 Å². The summed E-state index contributed by atoms with van der Waals surface area (Å²) in [4.78, 5) is 11.4. The molecule has 5 nitrogen and oxygen atoms in total. The Morgan fingerprint density at radius 2 is 2.20 bits per heavy atom.